The molecule has 0 atom stereocenters. The molecule has 0 bridgehead atoms. The normalized spacial score (nSPS) is 10.9. The van der Waals surface area contributed by atoms with Gasteiger partial charge < -0.3 is 30.7 Å². The van der Waals surface area contributed by atoms with E-state index in [2.05, 4.69) is 10.3 Å². The maximum absolute atomic E-state index is 12.9. The Morgan fingerprint density at radius 1 is 1.09 bits per heavy atom. The number of anilines is 3. The van der Waals surface area contributed by atoms with Crippen molar-refractivity contribution in [2.75, 3.05) is 25.3 Å². The van der Waals surface area contributed by atoms with Crippen molar-refractivity contribution in [3.63, 3.8) is 0 Å². The van der Waals surface area contributed by atoms with E-state index in [0.29, 0.717) is 45.4 Å². The molecule has 3 aromatic rings. The maximum Gasteiger partial charge on any atom is 0.189 e. The third-order valence-corrected chi connectivity index (χ3v) is 4.87. The quantitative estimate of drug-likeness (QED) is 0.229. The first-order valence-electron chi connectivity index (χ1n) is 9.80. The number of carbonyl (C=O) groups excluding carboxylic acids is 1. The average Bonchev–Trinajstić information content (AvgIpc) is 2.82. The molecule has 8 nitrogen and oxygen atoms in total. The highest BCUT2D eigenvalue weighted by Crippen LogP contribution is 2.30. The SMILES string of the molecule is COc1ccc(/C=C/C(=O)c2cccnc2Nc2cc(CO)c(CO)c(OC)c2)cc1N. The van der Waals surface area contributed by atoms with Gasteiger partial charge in [0.25, 0.3) is 0 Å². The molecule has 0 amide bonds. The summed E-state index contributed by atoms with van der Waals surface area (Å²) in [6.45, 7) is -0.545. The van der Waals surface area contributed by atoms with Gasteiger partial charge in [0.1, 0.15) is 17.3 Å². The molecule has 0 spiro atoms. The maximum atomic E-state index is 12.9. The second-order valence-corrected chi connectivity index (χ2v) is 6.86. The molecule has 8 heteroatoms. The predicted octanol–water partition coefficient (Wildman–Crippen LogP) is 3.31. The van der Waals surface area contributed by atoms with Crippen LogP contribution in [0.3, 0.4) is 0 Å². The summed E-state index contributed by atoms with van der Waals surface area (Å²) in [6.07, 6.45) is 4.68. The molecule has 5 N–H and O–H groups in total. The lowest BCUT2D eigenvalue weighted by Crippen LogP contribution is -2.05. The molecule has 0 aliphatic rings. The number of benzene rings is 2. The zero-order valence-corrected chi connectivity index (χ0v) is 17.8. The van der Waals surface area contributed by atoms with Crippen molar-refractivity contribution in [2.24, 2.45) is 0 Å². The number of aliphatic hydroxyl groups is 2. The first-order valence-corrected chi connectivity index (χ1v) is 9.80. The fourth-order valence-electron chi connectivity index (χ4n) is 3.24. The number of hydrogen-bond acceptors (Lipinski definition) is 8. The van der Waals surface area contributed by atoms with E-state index in [4.69, 9.17) is 15.2 Å². The minimum absolute atomic E-state index is 0.253. The van der Waals surface area contributed by atoms with Crippen LogP contribution in [-0.2, 0) is 13.2 Å². The van der Waals surface area contributed by atoms with Gasteiger partial charge >= 0.3 is 0 Å². The highest BCUT2D eigenvalue weighted by molar-refractivity contribution is 6.10. The number of ether oxygens (including phenoxy) is 2. The van der Waals surface area contributed by atoms with E-state index >= 15 is 0 Å². The Morgan fingerprint density at radius 2 is 1.88 bits per heavy atom. The van der Waals surface area contributed by atoms with E-state index in [0.717, 1.165) is 5.56 Å². The summed E-state index contributed by atoms with van der Waals surface area (Å²) in [5.41, 5.74) is 9.08. The number of aliphatic hydroxyl groups excluding tert-OH is 2. The number of pyridine rings is 1. The molecule has 32 heavy (non-hydrogen) atoms. The van der Waals surface area contributed by atoms with Gasteiger partial charge in [-0.2, -0.15) is 0 Å². The van der Waals surface area contributed by atoms with Crippen LogP contribution in [0.1, 0.15) is 27.0 Å². The Hall–Kier alpha value is -3.88. The van der Waals surface area contributed by atoms with Gasteiger partial charge in [0.15, 0.2) is 5.78 Å². The smallest absolute Gasteiger partial charge is 0.189 e. The Labute approximate surface area is 185 Å². The minimum atomic E-state index is -0.274. The highest BCUT2D eigenvalue weighted by Gasteiger charge is 2.14. The van der Waals surface area contributed by atoms with E-state index in [9.17, 15) is 15.0 Å². The number of rotatable bonds is 9. The summed E-state index contributed by atoms with van der Waals surface area (Å²) in [7, 11) is 3.02. The van der Waals surface area contributed by atoms with Gasteiger partial charge in [-0.15, -0.1) is 0 Å². The molecule has 3 rings (SSSR count). The van der Waals surface area contributed by atoms with Crippen LogP contribution in [0, 0.1) is 0 Å². The van der Waals surface area contributed by atoms with E-state index in [1.54, 1.807) is 54.7 Å². The van der Waals surface area contributed by atoms with Crippen LogP contribution in [0.25, 0.3) is 6.08 Å². The molecule has 1 heterocycles. The van der Waals surface area contributed by atoms with Gasteiger partial charge in [0.2, 0.25) is 0 Å². The third kappa shape index (κ3) is 5.05. The number of nitrogens with two attached hydrogens (primary N) is 1. The van der Waals surface area contributed by atoms with Crippen molar-refractivity contribution in [3.05, 3.63) is 77.0 Å². The van der Waals surface area contributed by atoms with Gasteiger partial charge in [-0.05, 0) is 47.5 Å². The average molecular weight is 435 g/mol. The lowest BCUT2D eigenvalue weighted by atomic mass is 10.1. The van der Waals surface area contributed by atoms with Crippen LogP contribution >= 0.6 is 0 Å². The number of nitrogens with one attached hydrogen (secondary N) is 1. The largest absolute Gasteiger partial charge is 0.496 e. The molecule has 0 radical (unpaired) electrons. The van der Waals surface area contributed by atoms with Gasteiger partial charge in [-0.3, -0.25) is 4.79 Å². The summed E-state index contributed by atoms with van der Waals surface area (Å²) in [5, 5.41) is 22.3. The van der Waals surface area contributed by atoms with Crippen LogP contribution in [0.2, 0.25) is 0 Å². The van der Waals surface area contributed by atoms with Crippen molar-refractivity contribution < 1.29 is 24.5 Å². The summed E-state index contributed by atoms with van der Waals surface area (Å²) in [5.74, 6) is 1.08. The molecular formula is C24H25N3O5. The van der Waals surface area contributed by atoms with Crippen molar-refractivity contribution in [3.8, 4) is 11.5 Å². The van der Waals surface area contributed by atoms with E-state index in [1.807, 2.05) is 0 Å². The molecule has 1 aromatic heterocycles. The monoisotopic (exact) mass is 435 g/mol. The van der Waals surface area contributed by atoms with Gasteiger partial charge in [0, 0.05) is 23.5 Å². The van der Waals surface area contributed by atoms with Gasteiger partial charge in [-0.25, -0.2) is 4.98 Å². The Morgan fingerprint density at radius 3 is 2.53 bits per heavy atom. The van der Waals surface area contributed by atoms with Crippen LogP contribution in [0.15, 0.2) is 54.7 Å². The zero-order chi connectivity index (χ0) is 23.1. The highest BCUT2D eigenvalue weighted by atomic mass is 16.5. The number of allylic oxidation sites excluding steroid dienone is 1. The number of methoxy groups -OCH3 is 2. The molecular weight excluding hydrogens is 410 g/mol. The molecule has 0 saturated carbocycles. The fourth-order valence-corrected chi connectivity index (χ4v) is 3.24. The van der Waals surface area contributed by atoms with Crippen LogP contribution < -0.4 is 20.5 Å². The molecule has 0 aliphatic heterocycles. The number of ketones is 1. The van der Waals surface area contributed by atoms with Crippen molar-refractivity contribution >= 4 is 29.1 Å². The van der Waals surface area contributed by atoms with E-state index in [-0.39, 0.29) is 19.0 Å². The number of carbonyl (C=O) groups is 1. The lowest BCUT2D eigenvalue weighted by Gasteiger charge is -2.15. The van der Waals surface area contributed by atoms with Gasteiger partial charge in [0.05, 0.1) is 38.7 Å². The van der Waals surface area contributed by atoms with Crippen molar-refractivity contribution in [2.45, 2.75) is 13.2 Å². The van der Waals surface area contributed by atoms with Gasteiger partial charge in [-0.1, -0.05) is 12.1 Å². The number of aromatic nitrogens is 1. The third-order valence-electron chi connectivity index (χ3n) is 4.87. The van der Waals surface area contributed by atoms with Crippen LogP contribution in [-0.4, -0.2) is 35.2 Å². The van der Waals surface area contributed by atoms with E-state index in [1.165, 1.54) is 20.3 Å². The first-order chi connectivity index (χ1) is 15.5. The second kappa shape index (κ2) is 10.4. The summed E-state index contributed by atoms with van der Waals surface area (Å²) in [6, 6.07) is 11.9. The molecule has 0 fully saturated rings. The Balaban J connectivity index is 1.88. The van der Waals surface area contributed by atoms with Crippen molar-refractivity contribution in [1.29, 1.82) is 0 Å². The lowest BCUT2D eigenvalue weighted by molar-refractivity contribution is 0.104. The number of hydrogen-bond donors (Lipinski definition) is 4. The molecule has 0 saturated heterocycles. The number of nitrogen functional groups attached to an aromatic ring is 1. The zero-order valence-electron chi connectivity index (χ0n) is 17.8. The summed E-state index contributed by atoms with van der Waals surface area (Å²) >= 11 is 0. The molecule has 0 aliphatic carbocycles. The fraction of sp³-hybridized carbons (Fsp3) is 0.167. The Bertz CT molecular complexity index is 1120. The topological polar surface area (TPSA) is 127 Å². The van der Waals surface area contributed by atoms with Crippen LogP contribution in [0.4, 0.5) is 17.2 Å². The predicted molar refractivity (Wildman–Crippen MR) is 123 cm³/mol. The molecule has 0 unspecified atom stereocenters. The van der Waals surface area contributed by atoms with E-state index < -0.39 is 0 Å². The summed E-state index contributed by atoms with van der Waals surface area (Å²) < 4.78 is 10.5. The summed E-state index contributed by atoms with van der Waals surface area (Å²) in [4.78, 5) is 17.1. The van der Waals surface area contributed by atoms with Crippen molar-refractivity contribution in [1.82, 2.24) is 4.98 Å². The standard InChI is InChI=1S/C24H25N3O5/c1-31-22-8-6-15(10-20(22)25)5-7-21(30)18-4-3-9-26-24(18)27-17-11-16(13-28)19(14-29)23(12-17)32-2/h3-12,28-29H,13-14,25H2,1-2H3,(H,26,27)/b7-5+. The molecule has 2 aromatic carbocycles. The minimum Gasteiger partial charge on any atom is -0.496 e. The Kier molecular flexibility index (Phi) is 7.43. The number of nitrogens with zero attached hydrogens (tertiary/aromatic N) is 1. The second-order valence-electron chi connectivity index (χ2n) is 6.86. The van der Waals surface area contributed by atoms with Crippen LogP contribution in [0.5, 0.6) is 11.5 Å². The molecule has 166 valence electrons. The first kappa shape index (κ1) is 22.8.